The maximum absolute atomic E-state index is 4.35. The van der Waals surface area contributed by atoms with Crippen molar-refractivity contribution in [2.75, 3.05) is 0 Å². The Balaban J connectivity index is 2.49. The second kappa shape index (κ2) is 5.31. The Morgan fingerprint density at radius 3 is 2.47 bits per heavy atom. The van der Waals surface area contributed by atoms with Gasteiger partial charge in [0.2, 0.25) is 0 Å². The molecular weight excluding hydrogens is 186 g/mol. The number of nitrogens with zero attached hydrogens (tertiary/aromatic N) is 2. The van der Waals surface area contributed by atoms with E-state index in [-0.39, 0.29) is 0 Å². The normalized spacial score (nSPS) is 15.6. The highest BCUT2D eigenvalue weighted by molar-refractivity contribution is 4.97. The van der Waals surface area contributed by atoms with Gasteiger partial charge in [-0.25, -0.2) is 4.98 Å². The third-order valence-electron chi connectivity index (χ3n) is 2.61. The predicted octanol–water partition coefficient (Wildman–Crippen LogP) is 2.51. The highest BCUT2D eigenvalue weighted by Crippen LogP contribution is 2.12. The van der Waals surface area contributed by atoms with Crippen molar-refractivity contribution in [3.63, 3.8) is 0 Å². The second-order valence-corrected chi connectivity index (χ2v) is 4.82. The van der Waals surface area contributed by atoms with E-state index in [1.807, 2.05) is 19.4 Å². The SMILES string of the molecule is CC(C)CC(C)NC(C)c1nccn1C. The number of aromatic nitrogens is 2. The van der Waals surface area contributed by atoms with Crippen molar-refractivity contribution in [3.8, 4) is 0 Å². The lowest BCUT2D eigenvalue weighted by atomic mass is 10.0. The molecule has 2 atom stereocenters. The average Bonchev–Trinajstić information content (AvgIpc) is 2.49. The quantitative estimate of drug-likeness (QED) is 0.807. The molecule has 0 amide bonds. The van der Waals surface area contributed by atoms with Gasteiger partial charge in [0.05, 0.1) is 6.04 Å². The van der Waals surface area contributed by atoms with Crippen LogP contribution in [-0.2, 0) is 7.05 Å². The third-order valence-corrected chi connectivity index (χ3v) is 2.61. The van der Waals surface area contributed by atoms with E-state index >= 15 is 0 Å². The Morgan fingerprint density at radius 2 is 2.00 bits per heavy atom. The summed E-state index contributed by atoms with van der Waals surface area (Å²) in [5.41, 5.74) is 0. The molecule has 2 unspecified atom stereocenters. The van der Waals surface area contributed by atoms with E-state index in [9.17, 15) is 0 Å². The van der Waals surface area contributed by atoms with E-state index in [0.29, 0.717) is 12.1 Å². The maximum Gasteiger partial charge on any atom is 0.125 e. The molecule has 15 heavy (non-hydrogen) atoms. The minimum absolute atomic E-state index is 0.318. The summed E-state index contributed by atoms with van der Waals surface area (Å²) < 4.78 is 2.07. The van der Waals surface area contributed by atoms with Crippen molar-refractivity contribution in [1.82, 2.24) is 14.9 Å². The Kier molecular flexibility index (Phi) is 4.33. The van der Waals surface area contributed by atoms with Crippen molar-refractivity contribution in [2.45, 2.75) is 46.2 Å². The molecule has 0 fully saturated rings. The van der Waals surface area contributed by atoms with Gasteiger partial charge in [-0.05, 0) is 26.2 Å². The summed E-state index contributed by atoms with van der Waals surface area (Å²) in [6.45, 7) is 8.91. The van der Waals surface area contributed by atoms with E-state index in [1.54, 1.807) is 0 Å². The Hall–Kier alpha value is -0.830. The molecule has 3 heteroatoms. The van der Waals surface area contributed by atoms with Gasteiger partial charge in [0.1, 0.15) is 5.82 Å². The average molecular weight is 209 g/mol. The van der Waals surface area contributed by atoms with Gasteiger partial charge in [-0.3, -0.25) is 0 Å². The molecule has 1 aromatic heterocycles. The first kappa shape index (κ1) is 12.2. The molecule has 0 radical (unpaired) electrons. The van der Waals surface area contributed by atoms with Crippen LogP contribution in [0.1, 0.15) is 46.0 Å². The lowest BCUT2D eigenvalue weighted by Crippen LogP contribution is -2.31. The fourth-order valence-corrected chi connectivity index (χ4v) is 2.07. The van der Waals surface area contributed by atoms with Gasteiger partial charge in [0, 0.05) is 25.5 Å². The molecule has 1 rings (SSSR count). The monoisotopic (exact) mass is 209 g/mol. The van der Waals surface area contributed by atoms with Crippen molar-refractivity contribution < 1.29 is 0 Å². The molecule has 86 valence electrons. The highest BCUT2D eigenvalue weighted by atomic mass is 15.1. The van der Waals surface area contributed by atoms with Crippen LogP contribution in [0.15, 0.2) is 12.4 Å². The van der Waals surface area contributed by atoms with E-state index in [1.165, 1.54) is 6.42 Å². The fraction of sp³-hybridized carbons (Fsp3) is 0.750. The maximum atomic E-state index is 4.35. The molecule has 0 bridgehead atoms. The van der Waals surface area contributed by atoms with Gasteiger partial charge in [-0.1, -0.05) is 13.8 Å². The minimum atomic E-state index is 0.318. The third kappa shape index (κ3) is 3.67. The largest absolute Gasteiger partial charge is 0.337 e. The summed E-state index contributed by atoms with van der Waals surface area (Å²) in [5, 5.41) is 3.57. The van der Waals surface area contributed by atoms with Crippen LogP contribution in [0.25, 0.3) is 0 Å². The zero-order valence-electron chi connectivity index (χ0n) is 10.5. The molecule has 0 saturated carbocycles. The molecule has 1 N–H and O–H groups in total. The Labute approximate surface area is 92.9 Å². The molecule has 0 aliphatic carbocycles. The van der Waals surface area contributed by atoms with Gasteiger partial charge in [-0.2, -0.15) is 0 Å². The lowest BCUT2D eigenvalue weighted by Gasteiger charge is -2.21. The van der Waals surface area contributed by atoms with Crippen LogP contribution in [-0.4, -0.2) is 15.6 Å². The first-order valence-electron chi connectivity index (χ1n) is 5.74. The van der Waals surface area contributed by atoms with Gasteiger partial charge >= 0.3 is 0 Å². The smallest absolute Gasteiger partial charge is 0.125 e. The van der Waals surface area contributed by atoms with Crippen LogP contribution < -0.4 is 5.32 Å². The van der Waals surface area contributed by atoms with E-state index in [0.717, 1.165) is 11.7 Å². The summed E-state index contributed by atoms with van der Waals surface area (Å²) in [6.07, 6.45) is 5.04. The van der Waals surface area contributed by atoms with Gasteiger partial charge < -0.3 is 9.88 Å². The van der Waals surface area contributed by atoms with Crippen LogP contribution in [0.4, 0.5) is 0 Å². The number of aryl methyl sites for hydroxylation is 1. The van der Waals surface area contributed by atoms with Gasteiger partial charge in [0.15, 0.2) is 0 Å². The van der Waals surface area contributed by atoms with Crippen LogP contribution >= 0.6 is 0 Å². The van der Waals surface area contributed by atoms with Gasteiger partial charge in [0.25, 0.3) is 0 Å². The van der Waals surface area contributed by atoms with Gasteiger partial charge in [-0.15, -0.1) is 0 Å². The van der Waals surface area contributed by atoms with Crippen molar-refractivity contribution in [3.05, 3.63) is 18.2 Å². The predicted molar refractivity (Wildman–Crippen MR) is 63.7 cm³/mol. The molecule has 0 aromatic carbocycles. The van der Waals surface area contributed by atoms with Crippen molar-refractivity contribution in [2.24, 2.45) is 13.0 Å². The number of hydrogen-bond donors (Lipinski definition) is 1. The summed E-state index contributed by atoms with van der Waals surface area (Å²) >= 11 is 0. The summed E-state index contributed by atoms with van der Waals surface area (Å²) in [4.78, 5) is 4.35. The topological polar surface area (TPSA) is 29.9 Å². The number of hydrogen-bond acceptors (Lipinski definition) is 2. The molecule has 3 nitrogen and oxygen atoms in total. The number of imidazole rings is 1. The lowest BCUT2D eigenvalue weighted by molar-refractivity contribution is 0.395. The van der Waals surface area contributed by atoms with Crippen molar-refractivity contribution >= 4 is 0 Å². The number of rotatable bonds is 5. The highest BCUT2D eigenvalue weighted by Gasteiger charge is 2.13. The molecule has 0 aliphatic rings. The zero-order chi connectivity index (χ0) is 11.4. The summed E-state index contributed by atoms with van der Waals surface area (Å²) in [6, 6.07) is 0.857. The Bertz CT molecular complexity index is 291. The first-order valence-corrected chi connectivity index (χ1v) is 5.74. The van der Waals surface area contributed by atoms with Crippen LogP contribution in [0.5, 0.6) is 0 Å². The van der Waals surface area contributed by atoms with Crippen molar-refractivity contribution in [1.29, 1.82) is 0 Å². The number of nitrogens with one attached hydrogen (secondary N) is 1. The standard InChI is InChI=1S/C12H23N3/c1-9(2)8-10(3)14-11(4)12-13-6-7-15(12)5/h6-7,9-11,14H,8H2,1-5H3. The van der Waals surface area contributed by atoms with E-state index < -0.39 is 0 Å². The van der Waals surface area contributed by atoms with Crippen LogP contribution in [0.2, 0.25) is 0 Å². The van der Waals surface area contributed by atoms with E-state index in [4.69, 9.17) is 0 Å². The molecular formula is C12H23N3. The van der Waals surface area contributed by atoms with Crippen LogP contribution in [0, 0.1) is 5.92 Å². The summed E-state index contributed by atoms with van der Waals surface area (Å²) in [7, 11) is 2.04. The van der Waals surface area contributed by atoms with E-state index in [2.05, 4.69) is 42.6 Å². The first-order chi connectivity index (χ1) is 7.00. The molecule has 1 heterocycles. The molecule has 0 aliphatic heterocycles. The second-order valence-electron chi connectivity index (χ2n) is 4.82. The van der Waals surface area contributed by atoms with Crippen LogP contribution in [0.3, 0.4) is 0 Å². The fourth-order valence-electron chi connectivity index (χ4n) is 2.07. The minimum Gasteiger partial charge on any atom is -0.337 e. The summed E-state index contributed by atoms with van der Waals surface area (Å²) in [5.74, 6) is 1.84. The zero-order valence-corrected chi connectivity index (χ0v) is 10.5. The molecule has 0 saturated heterocycles. The Morgan fingerprint density at radius 1 is 1.33 bits per heavy atom. The molecule has 0 spiro atoms. The molecule has 1 aromatic rings.